The molecule has 0 saturated carbocycles. The number of hydrogen-bond donors (Lipinski definition) is 1. The fourth-order valence-electron chi connectivity index (χ4n) is 5.60. The number of likely N-dealkylation sites (tertiary alicyclic amines) is 2. The minimum atomic E-state index is -0.155. The van der Waals surface area contributed by atoms with E-state index in [0.29, 0.717) is 42.1 Å². The summed E-state index contributed by atoms with van der Waals surface area (Å²) in [5.74, 6) is 1.24. The lowest BCUT2D eigenvalue weighted by atomic mass is 9.75. The van der Waals surface area contributed by atoms with Crippen LogP contribution < -0.4 is 5.32 Å². The van der Waals surface area contributed by atoms with Crippen LogP contribution in [0.25, 0.3) is 0 Å². The molecule has 3 saturated heterocycles. The second-order valence-electron chi connectivity index (χ2n) is 8.94. The van der Waals surface area contributed by atoms with Crippen molar-refractivity contribution in [3.63, 3.8) is 0 Å². The predicted molar refractivity (Wildman–Crippen MR) is 105 cm³/mol. The first-order valence-corrected chi connectivity index (χ1v) is 10.6. The Hall–Kier alpha value is -1.89. The van der Waals surface area contributed by atoms with Crippen molar-refractivity contribution in [2.75, 3.05) is 26.2 Å². The summed E-state index contributed by atoms with van der Waals surface area (Å²) in [4.78, 5) is 30.0. The summed E-state index contributed by atoms with van der Waals surface area (Å²) in [6.45, 7) is 11.3. The van der Waals surface area contributed by atoms with E-state index in [9.17, 15) is 9.59 Å². The van der Waals surface area contributed by atoms with Crippen molar-refractivity contribution in [3.8, 4) is 0 Å². The monoisotopic (exact) mass is 388 g/mol. The third kappa shape index (κ3) is 3.04. The van der Waals surface area contributed by atoms with Gasteiger partial charge in [0.2, 0.25) is 5.91 Å². The average molecular weight is 389 g/mol. The molecule has 7 nitrogen and oxygen atoms in total. The van der Waals surface area contributed by atoms with Gasteiger partial charge in [-0.3, -0.25) is 14.5 Å². The van der Waals surface area contributed by atoms with E-state index in [1.807, 2.05) is 11.8 Å². The van der Waals surface area contributed by atoms with Gasteiger partial charge in [-0.25, -0.2) is 0 Å². The van der Waals surface area contributed by atoms with Crippen LogP contribution in [-0.4, -0.2) is 64.5 Å². The molecular formula is C21H32N4O3. The van der Waals surface area contributed by atoms with E-state index in [2.05, 4.69) is 29.2 Å². The first-order valence-electron chi connectivity index (χ1n) is 10.6. The molecule has 0 unspecified atom stereocenters. The van der Waals surface area contributed by atoms with Gasteiger partial charge in [0.05, 0.1) is 11.6 Å². The van der Waals surface area contributed by atoms with Crippen molar-refractivity contribution in [1.82, 2.24) is 20.3 Å². The van der Waals surface area contributed by atoms with Crippen LogP contribution in [0.1, 0.15) is 61.3 Å². The molecule has 4 heterocycles. The van der Waals surface area contributed by atoms with E-state index in [-0.39, 0.29) is 23.3 Å². The molecule has 1 aromatic rings. The molecule has 1 N–H and O–H groups in total. The minimum Gasteiger partial charge on any atom is -0.361 e. The number of hydrogen-bond acceptors (Lipinski definition) is 5. The number of fused-ring (bicyclic) bond motifs is 2. The van der Waals surface area contributed by atoms with Crippen molar-refractivity contribution >= 4 is 11.8 Å². The number of carbonyl (C=O) groups is 2. The number of aromatic nitrogens is 1. The molecule has 154 valence electrons. The third-order valence-corrected chi connectivity index (χ3v) is 7.29. The van der Waals surface area contributed by atoms with Gasteiger partial charge in [-0.2, -0.15) is 0 Å². The van der Waals surface area contributed by atoms with Gasteiger partial charge in [-0.05, 0) is 40.0 Å². The largest absolute Gasteiger partial charge is 0.361 e. The Labute approximate surface area is 166 Å². The van der Waals surface area contributed by atoms with E-state index in [1.54, 1.807) is 6.92 Å². The van der Waals surface area contributed by atoms with Gasteiger partial charge in [-0.1, -0.05) is 18.5 Å². The summed E-state index contributed by atoms with van der Waals surface area (Å²) in [5.41, 5.74) is 1.08. The Balaban J connectivity index is 1.45. The van der Waals surface area contributed by atoms with Gasteiger partial charge in [0, 0.05) is 43.7 Å². The Kier molecular flexibility index (Phi) is 4.98. The molecule has 3 aliphatic heterocycles. The Bertz CT molecular complexity index is 746. The molecule has 28 heavy (non-hydrogen) atoms. The summed E-state index contributed by atoms with van der Waals surface area (Å²) in [6.07, 6.45) is 3.99. The first-order chi connectivity index (χ1) is 13.4. The zero-order valence-electron chi connectivity index (χ0n) is 17.5. The molecule has 0 aliphatic carbocycles. The number of nitrogens with zero attached hydrogens (tertiary/aromatic N) is 3. The van der Waals surface area contributed by atoms with Crippen LogP contribution in [0.3, 0.4) is 0 Å². The van der Waals surface area contributed by atoms with E-state index in [4.69, 9.17) is 4.52 Å². The quantitative estimate of drug-likeness (QED) is 0.855. The maximum Gasteiger partial charge on any atom is 0.259 e. The van der Waals surface area contributed by atoms with Gasteiger partial charge < -0.3 is 14.7 Å². The van der Waals surface area contributed by atoms with Crippen molar-refractivity contribution < 1.29 is 14.1 Å². The average Bonchev–Trinajstić information content (AvgIpc) is 3.32. The van der Waals surface area contributed by atoms with E-state index >= 15 is 0 Å². The molecule has 3 fully saturated rings. The summed E-state index contributed by atoms with van der Waals surface area (Å²) in [6, 6.07) is 0.529. The van der Waals surface area contributed by atoms with Gasteiger partial charge in [0.25, 0.3) is 5.91 Å². The molecule has 3 atom stereocenters. The second-order valence-corrected chi connectivity index (χ2v) is 8.94. The number of carbonyl (C=O) groups excluding carboxylic acids is 2. The number of piperidine rings is 1. The van der Waals surface area contributed by atoms with Crippen LogP contribution in [-0.2, 0) is 4.79 Å². The molecule has 3 aliphatic rings. The SMILES string of the molecule is CCC[C@H](C)N1C[C@H]2C(=O)NC3(CCN(C(=O)c4c(C)noc4C)CC3)[C@H]2C1. The highest BCUT2D eigenvalue weighted by Gasteiger charge is 2.57. The first kappa shape index (κ1) is 19.4. The van der Waals surface area contributed by atoms with Crippen LogP contribution in [0, 0.1) is 25.7 Å². The predicted octanol–water partition coefficient (Wildman–Crippen LogP) is 2.13. The van der Waals surface area contributed by atoms with Crippen LogP contribution in [0.4, 0.5) is 0 Å². The number of amides is 2. The summed E-state index contributed by atoms with van der Waals surface area (Å²) in [7, 11) is 0. The number of rotatable bonds is 4. The van der Waals surface area contributed by atoms with Gasteiger partial charge in [0.15, 0.2) is 0 Å². The fourth-order valence-corrected chi connectivity index (χ4v) is 5.60. The number of nitrogens with one attached hydrogen (secondary N) is 1. The summed E-state index contributed by atoms with van der Waals surface area (Å²) >= 11 is 0. The van der Waals surface area contributed by atoms with Crippen molar-refractivity contribution in [1.29, 1.82) is 0 Å². The van der Waals surface area contributed by atoms with Gasteiger partial charge in [0.1, 0.15) is 11.3 Å². The zero-order valence-corrected chi connectivity index (χ0v) is 17.5. The maximum atomic E-state index is 12.9. The fraction of sp³-hybridized carbons (Fsp3) is 0.762. The third-order valence-electron chi connectivity index (χ3n) is 7.29. The molecule has 0 bridgehead atoms. The molecule has 7 heteroatoms. The minimum absolute atomic E-state index is 0.00316. The molecule has 1 aromatic heterocycles. The van der Waals surface area contributed by atoms with Crippen LogP contribution in [0.2, 0.25) is 0 Å². The van der Waals surface area contributed by atoms with Crippen LogP contribution in [0.5, 0.6) is 0 Å². The van der Waals surface area contributed by atoms with Gasteiger partial charge in [-0.15, -0.1) is 0 Å². The normalized spacial score (nSPS) is 27.9. The maximum absolute atomic E-state index is 12.9. The Morgan fingerprint density at radius 1 is 1.32 bits per heavy atom. The highest BCUT2D eigenvalue weighted by molar-refractivity contribution is 5.96. The lowest BCUT2D eigenvalue weighted by molar-refractivity contribution is -0.123. The van der Waals surface area contributed by atoms with Gasteiger partial charge >= 0.3 is 0 Å². The van der Waals surface area contributed by atoms with Crippen LogP contribution in [0.15, 0.2) is 4.52 Å². The molecule has 1 spiro atoms. The number of aryl methyl sites for hydroxylation is 2. The second kappa shape index (κ2) is 7.17. The van der Waals surface area contributed by atoms with E-state index in [0.717, 1.165) is 25.9 Å². The molecular weight excluding hydrogens is 356 g/mol. The lowest BCUT2D eigenvalue weighted by Crippen LogP contribution is -2.56. The summed E-state index contributed by atoms with van der Waals surface area (Å²) < 4.78 is 5.17. The topological polar surface area (TPSA) is 78.7 Å². The van der Waals surface area contributed by atoms with Crippen molar-refractivity contribution in [2.24, 2.45) is 11.8 Å². The van der Waals surface area contributed by atoms with E-state index < -0.39 is 0 Å². The van der Waals surface area contributed by atoms with E-state index in [1.165, 1.54) is 12.8 Å². The Morgan fingerprint density at radius 3 is 2.64 bits per heavy atom. The molecule has 0 aromatic carbocycles. The van der Waals surface area contributed by atoms with Crippen LogP contribution >= 0.6 is 0 Å². The molecule has 2 amide bonds. The Morgan fingerprint density at radius 2 is 2.04 bits per heavy atom. The standard InChI is InChI=1S/C21H32N4O3/c1-5-6-13(2)25-11-16-17(12-25)21(22-19(16)26)7-9-24(10-8-21)20(27)18-14(3)23-28-15(18)4/h13,16-17H,5-12H2,1-4H3,(H,22,26)/t13-,16+,17-/m0/s1. The lowest BCUT2D eigenvalue weighted by Gasteiger charge is -2.43. The van der Waals surface area contributed by atoms with Crippen molar-refractivity contribution in [2.45, 2.75) is 65.0 Å². The highest BCUT2D eigenvalue weighted by Crippen LogP contribution is 2.44. The smallest absolute Gasteiger partial charge is 0.259 e. The highest BCUT2D eigenvalue weighted by atomic mass is 16.5. The molecule has 0 radical (unpaired) electrons. The van der Waals surface area contributed by atoms with Crippen molar-refractivity contribution in [3.05, 3.63) is 17.0 Å². The summed E-state index contributed by atoms with van der Waals surface area (Å²) in [5, 5.41) is 7.26. The zero-order chi connectivity index (χ0) is 20.1. The molecule has 4 rings (SSSR count).